The summed E-state index contributed by atoms with van der Waals surface area (Å²) >= 11 is 25.5. The van der Waals surface area contributed by atoms with Crippen molar-refractivity contribution in [2.45, 2.75) is 24.6 Å². The van der Waals surface area contributed by atoms with Gasteiger partial charge in [-0.3, -0.25) is 0 Å². The van der Waals surface area contributed by atoms with E-state index in [9.17, 15) is 0 Å². The number of nitrogens with zero attached hydrogens (tertiary/aromatic N) is 2. The van der Waals surface area contributed by atoms with E-state index in [1.807, 2.05) is 42.6 Å². The molecule has 3 aromatic rings. The molecule has 0 aliphatic carbocycles. The summed E-state index contributed by atoms with van der Waals surface area (Å²) in [6, 6.07) is 23.4. The van der Waals surface area contributed by atoms with Crippen LogP contribution in [0.15, 0.2) is 85.2 Å². The Bertz CT molecular complexity index is 1080. The molecule has 3 aromatic carbocycles. The summed E-state index contributed by atoms with van der Waals surface area (Å²) in [5.41, 5.74) is 2.69. The Kier molecular flexibility index (Phi) is 10.4. The summed E-state index contributed by atoms with van der Waals surface area (Å²) in [5, 5.41) is 1.82. The van der Waals surface area contributed by atoms with Gasteiger partial charge in [-0.15, -0.1) is 17.0 Å². The lowest BCUT2D eigenvalue weighted by Gasteiger charge is -2.31. The van der Waals surface area contributed by atoms with Crippen molar-refractivity contribution in [2.75, 3.05) is 13.2 Å². The molecule has 4 rings (SSSR count). The molecule has 1 aliphatic rings. The molecule has 0 aromatic heterocycles. The first-order valence-electron chi connectivity index (χ1n) is 10.7. The summed E-state index contributed by atoms with van der Waals surface area (Å²) in [6.07, 6.45) is 4.67. The Labute approximate surface area is 231 Å². The van der Waals surface area contributed by atoms with Crippen molar-refractivity contribution in [1.82, 2.24) is 9.80 Å². The molecular weight excluding hydrogens is 578 g/mol. The molecule has 34 heavy (non-hydrogen) atoms. The highest BCUT2D eigenvalue weighted by molar-refractivity contribution is 8.93. The molecule has 180 valence electrons. The van der Waals surface area contributed by atoms with Gasteiger partial charge in [-0.1, -0.05) is 94.9 Å². The summed E-state index contributed by atoms with van der Waals surface area (Å²) in [7, 11) is 0. The van der Waals surface area contributed by atoms with Gasteiger partial charge in [-0.2, -0.15) is 0 Å². The molecule has 0 amide bonds. The van der Waals surface area contributed by atoms with Crippen molar-refractivity contribution in [3.05, 3.63) is 117 Å². The number of halogens is 5. The zero-order valence-corrected chi connectivity index (χ0v) is 23.0. The average molecular weight is 603 g/mol. The summed E-state index contributed by atoms with van der Waals surface area (Å²) in [4.78, 5) is 4.33. The van der Waals surface area contributed by atoms with Crippen molar-refractivity contribution in [1.29, 1.82) is 0 Å². The van der Waals surface area contributed by atoms with E-state index in [4.69, 9.17) is 51.1 Å². The van der Waals surface area contributed by atoms with Crippen molar-refractivity contribution < 1.29 is 4.74 Å². The second kappa shape index (κ2) is 13.1. The highest BCUT2D eigenvalue weighted by atomic mass is 79.9. The molecule has 0 bridgehead atoms. The monoisotopic (exact) mass is 600 g/mol. The van der Waals surface area contributed by atoms with Gasteiger partial charge < -0.3 is 14.5 Å². The minimum absolute atomic E-state index is 0. The lowest BCUT2D eigenvalue weighted by atomic mass is 10.1. The topological polar surface area (TPSA) is 15.7 Å². The summed E-state index contributed by atoms with van der Waals surface area (Å²) in [5.74, 6) is 0. The van der Waals surface area contributed by atoms with Crippen LogP contribution in [0.2, 0.25) is 15.1 Å². The second-order valence-corrected chi connectivity index (χ2v) is 9.62. The first kappa shape index (κ1) is 27.2. The van der Waals surface area contributed by atoms with E-state index in [-0.39, 0.29) is 17.0 Å². The van der Waals surface area contributed by atoms with E-state index in [0.717, 1.165) is 24.1 Å². The highest BCUT2D eigenvalue weighted by Crippen LogP contribution is 2.32. The maximum Gasteiger partial charge on any atom is 0.135 e. The molecule has 0 N–H and O–H groups in total. The Hall–Kier alpha value is -1.40. The van der Waals surface area contributed by atoms with Crippen molar-refractivity contribution >= 4 is 63.4 Å². The van der Waals surface area contributed by atoms with Gasteiger partial charge in [0.2, 0.25) is 0 Å². The molecule has 0 spiro atoms. The van der Waals surface area contributed by atoms with Crippen LogP contribution in [-0.2, 0) is 17.8 Å². The molecule has 1 aliphatic heterocycles. The zero-order valence-electron chi connectivity index (χ0n) is 18.3. The predicted molar refractivity (Wildman–Crippen MR) is 148 cm³/mol. The molecule has 8 heteroatoms. The molecule has 0 fully saturated rings. The third kappa shape index (κ3) is 7.30. The van der Waals surface area contributed by atoms with Crippen molar-refractivity contribution in [3.63, 3.8) is 0 Å². The number of hydrogen-bond donors (Lipinski definition) is 0. The van der Waals surface area contributed by atoms with Gasteiger partial charge >= 0.3 is 0 Å². The first-order chi connectivity index (χ1) is 16.0. The highest BCUT2D eigenvalue weighted by Gasteiger charge is 2.29. The fourth-order valence-corrected chi connectivity index (χ4v) is 4.62. The van der Waals surface area contributed by atoms with E-state index in [1.54, 1.807) is 12.1 Å². The Morgan fingerprint density at radius 1 is 0.853 bits per heavy atom. The summed E-state index contributed by atoms with van der Waals surface area (Å²) < 4.78 is 6.32. The normalized spacial score (nSPS) is 14.7. The fraction of sp³-hybridized carbons (Fsp3) is 0.231. The molecule has 0 radical (unpaired) electrons. The van der Waals surface area contributed by atoms with Crippen LogP contribution in [0.4, 0.5) is 0 Å². The zero-order chi connectivity index (χ0) is 23.2. The van der Waals surface area contributed by atoms with Crippen molar-refractivity contribution in [2.24, 2.45) is 0 Å². The largest absolute Gasteiger partial charge is 0.365 e. The second-order valence-electron chi connectivity index (χ2n) is 7.89. The molecule has 1 heterocycles. The van der Waals surface area contributed by atoms with Gasteiger partial charge in [0.1, 0.15) is 11.6 Å². The van der Waals surface area contributed by atoms with Gasteiger partial charge in [0, 0.05) is 34.0 Å². The Morgan fingerprint density at radius 2 is 1.56 bits per heavy atom. The SMILES string of the molecule is Br.Clc1ccc(C(OCc2ccc(Cl)cc2Cl)C(Cl)N2C=CN(CCc3ccccc3)C2)cc1. The standard InChI is InChI=1S/C26H24Cl4N2O.BrH/c27-22-9-6-20(7-10-22)25(33-17-21-8-11-23(28)16-24(21)29)26(30)32-15-14-31(18-32)13-12-19-4-2-1-3-5-19;/h1-11,14-16,25-26H,12-13,17-18H2;1H. The molecule has 2 atom stereocenters. The number of alkyl halides is 1. The number of benzene rings is 3. The lowest BCUT2D eigenvalue weighted by Crippen LogP contribution is -2.36. The Balaban J connectivity index is 0.00000324. The molecular formula is C26H25BrCl4N2O. The van der Waals surface area contributed by atoms with Gasteiger partial charge in [-0.05, 0) is 47.4 Å². The van der Waals surface area contributed by atoms with Crippen LogP contribution in [0.1, 0.15) is 22.8 Å². The van der Waals surface area contributed by atoms with E-state index < -0.39 is 11.6 Å². The van der Waals surface area contributed by atoms with E-state index in [1.165, 1.54) is 5.56 Å². The van der Waals surface area contributed by atoms with Crippen molar-refractivity contribution in [3.8, 4) is 0 Å². The molecule has 0 saturated heterocycles. The summed E-state index contributed by atoms with van der Waals surface area (Å²) in [6.45, 7) is 1.91. The maximum absolute atomic E-state index is 6.98. The third-order valence-corrected chi connectivity index (χ3v) is 6.86. The average Bonchev–Trinajstić information content (AvgIpc) is 3.30. The van der Waals surface area contributed by atoms with Gasteiger partial charge in [0.05, 0.1) is 13.3 Å². The molecule has 0 saturated carbocycles. The minimum Gasteiger partial charge on any atom is -0.365 e. The molecule has 2 unspecified atom stereocenters. The van der Waals surface area contributed by atoms with Gasteiger partial charge in [0.25, 0.3) is 0 Å². The smallest absolute Gasteiger partial charge is 0.135 e. The van der Waals surface area contributed by atoms with E-state index in [0.29, 0.717) is 28.3 Å². The van der Waals surface area contributed by atoms with Crippen LogP contribution >= 0.6 is 63.4 Å². The quantitative estimate of drug-likeness (QED) is 0.181. The number of rotatable bonds is 9. The lowest BCUT2D eigenvalue weighted by molar-refractivity contribution is 0.00688. The van der Waals surface area contributed by atoms with Crippen LogP contribution in [0.25, 0.3) is 0 Å². The van der Waals surface area contributed by atoms with Gasteiger partial charge in [-0.25, -0.2) is 0 Å². The molecule has 3 nitrogen and oxygen atoms in total. The van der Waals surface area contributed by atoms with E-state index in [2.05, 4.69) is 40.3 Å². The number of ether oxygens (including phenoxy) is 1. The van der Waals surface area contributed by atoms with Gasteiger partial charge in [0.15, 0.2) is 0 Å². The maximum atomic E-state index is 6.98. The van der Waals surface area contributed by atoms with Crippen LogP contribution in [0.3, 0.4) is 0 Å². The first-order valence-corrected chi connectivity index (χ1v) is 12.2. The van der Waals surface area contributed by atoms with Crippen LogP contribution < -0.4 is 0 Å². The van der Waals surface area contributed by atoms with Crippen LogP contribution in [0.5, 0.6) is 0 Å². The fourth-order valence-electron chi connectivity index (χ4n) is 3.69. The van der Waals surface area contributed by atoms with E-state index >= 15 is 0 Å². The third-order valence-electron chi connectivity index (χ3n) is 5.54. The Morgan fingerprint density at radius 3 is 2.26 bits per heavy atom. The predicted octanol–water partition coefficient (Wildman–Crippen LogP) is 8.34. The minimum atomic E-state index is -0.421. The van der Waals surface area contributed by atoms with Crippen LogP contribution in [0, 0.1) is 0 Å². The number of hydrogen-bond acceptors (Lipinski definition) is 3. The van der Waals surface area contributed by atoms with Crippen LogP contribution in [-0.4, -0.2) is 28.5 Å².